The molecule has 1 aromatic rings. The van der Waals surface area contributed by atoms with Crippen molar-refractivity contribution in [3.05, 3.63) is 27.3 Å². The lowest BCUT2D eigenvalue weighted by molar-refractivity contribution is 0.364. The third-order valence-corrected chi connectivity index (χ3v) is 2.31. The second kappa shape index (κ2) is 4.42. The van der Waals surface area contributed by atoms with Crippen LogP contribution in [0.1, 0.15) is 0 Å². The molecule has 4 heteroatoms. The predicted octanol–water partition coefficient (Wildman–Crippen LogP) is 2.58. The van der Waals surface area contributed by atoms with Gasteiger partial charge < -0.3 is 4.74 Å². The molecule has 0 aliphatic rings. The van der Waals surface area contributed by atoms with Crippen LogP contribution in [0.5, 0.6) is 5.75 Å². The highest BCUT2D eigenvalue weighted by atomic mass is 127. The van der Waals surface area contributed by atoms with Crippen LogP contribution in [0.3, 0.4) is 0 Å². The standard InChI is InChI=1S/C9H5F2IO/c1-2-3-13-6-4-7(10)9(12)8(11)5-6/h1,4-5H,3H2. The van der Waals surface area contributed by atoms with Crippen molar-refractivity contribution in [2.24, 2.45) is 0 Å². The summed E-state index contributed by atoms with van der Waals surface area (Å²) in [6, 6.07) is 2.20. The Hall–Kier alpha value is -0.830. The molecule has 1 nitrogen and oxygen atoms in total. The van der Waals surface area contributed by atoms with Gasteiger partial charge in [0.2, 0.25) is 0 Å². The fraction of sp³-hybridized carbons (Fsp3) is 0.111. The van der Waals surface area contributed by atoms with E-state index in [2.05, 4.69) is 5.92 Å². The molecule has 0 heterocycles. The van der Waals surface area contributed by atoms with E-state index in [0.29, 0.717) is 0 Å². The molecule has 0 aliphatic carbocycles. The van der Waals surface area contributed by atoms with Crippen molar-refractivity contribution in [1.82, 2.24) is 0 Å². The van der Waals surface area contributed by atoms with E-state index in [1.54, 1.807) is 22.6 Å². The lowest BCUT2D eigenvalue weighted by atomic mass is 10.3. The van der Waals surface area contributed by atoms with Crippen molar-refractivity contribution in [2.75, 3.05) is 6.61 Å². The Morgan fingerprint density at radius 2 is 1.92 bits per heavy atom. The van der Waals surface area contributed by atoms with Crippen molar-refractivity contribution in [2.45, 2.75) is 0 Å². The third kappa shape index (κ3) is 2.56. The van der Waals surface area contributed by atoms with Gasteiger partial charge in [0.15, 0.2) is 0 Å². The Morgan fingerprint density at radius 3 is 2.38 bits per heavy atom. The van der Waals surface area contributed by atoms with Gasteiger partial charge >= 0.3 is 0 Å². The van der Waals surface area contributed by atoms with E-state index in [4.69, 9.17) is 11.2 Å². The number of rotatable bonds is 2. The maximum Gasteiger partial charge on any atom is 0.148 e. The third-order valence-electron chi connectivity index (χ3n) is 1.28. The van der Waals surface area contributed by atoms with E-state index in [1.165, 1.54) is 0 Å². The van der Waals surface area contributed by atoms with Gasteiger partial charge in [-0.3, -0.25) is 0 Å². The van der Waals surface area contributed by atoms with E-state index < -0.39 is 11.6 Å². The molecule has 1 aromatic carbocycles. The summed E-state index contributed by atoms with van der Waals surface area (Å²) < 4.78 is 30.6. The van der Waals surface area contributed by atoms with Crippen LogP contribution in [0.15, 0.2) is 12.1 Å². The fourth-order valence-corrected chi connectivity index (χ4v) is 1.05. The first-order chi connectivity index (χ1) is 6.15. The number of hydrogen-bond donors (Lipinski definition) is 0. The normalized spacial score (nSPS) is 9.38. The molecule has 0 bridgehead atoms. The van der Waals surface area contributed by atoms with Crippen LogP contribution < -0.4 is 4.74 Å². The number of ether oxygens (including phenoxy) is 1. The number of hydrogen-bond acceptors (Lipinski definition) is 1. The molecule has 0 atom stereocenters. The second-order valence-corrected chi connectivity index (χ2v) is 3.27. The van der Waals surface area contributed by atoms with E-state index in [1.807, 2.05) is 0 Å². The molecule has 0 radical (unpaired) electrons. The monoisotopic (exact) mass is 294 g/mol. The lowest BCUT2D eigenvalue weighted by Gasteiger charge is -2.03. The molecule has 0 spiro atoms. The minimum atomic E-state index is -0.646. The van der Waals surface area contributed by atoms with Gasteiger partial charge in [0, 0.05) is 12.1 Å². The first-order valence-electron chi connectivity index (χ1n) is 3.36. The van der Waals surface area contributed by atoms with Crippen molar-refractivity contribution in [1.29, 1.82) is 0 Å². The van der Waals surface area contributed by atoms with Crippen molar-refractivity contribution >= 4 is 22.6 Å². The number of halogens is 3. The number of benzene rings is 1. The minimum Gasteiger partial charge on any atom is -0.481 e. The maximum absolute atomic E-state index is 12.9. The van der Waals surface area contributed by atoms with Crippen molar-refractivity contribution < 1.29 is 13.5 Å². The molecule has 1 rings (SSSR count). The second-order valence-electron chi connectivity index (χ2n) is 2.19. The topological polar surface area (TPSA) is 9.23 Å². The molecule has 0 saturated carbocycles. The zero-order valence-corrected chi connectivity index (χ0v) is 8.64. The molecule has 0 fully saturated rings. The van der Waals surface area contributed by atoms with E-state index in [0.717, 1.165) is 12.1 Å². The first-order valence-corrected chi connectivity index (χ1v) is 4.44. The molecule has 68 valence electrons. The summed E-state index contributed by atoms with van der Waals surface area (Å²) >= 11 is 1.58. The highest BCUT2D eigenvalue weighted by Gasteiger charge is 2.08. The number of terminal acetylenes is 1. The summed E-state index contributed by atoms with van der Waals surface area (Å²) in [5.74, 6) is 1.01. The summed E-state index contributed by atoms with van der Waals surface area (Å²) in [4.78, 5) is 0. The molecule has 0 amide bonds. The predicted molar refractivity (Wildman–Crippen MR) is 53.4 cm³/mol. The van der Waals surface area contributed by atoms with Gasteiger partial charge in [-0.05, 0) is 22.6 Å². The SMILES string of the molecule is C#CCOc1cc(F)c(I)c(F)c1. The summed E-state index contributed by atoms with van der Waals surface area (Å²) in [5.41, 5.74) is 0. The van der Waals surface area contributed by atoms with Gasteiger partial charge in [-0.25, -0.2) is 8.78 Å². The molecule has 13 heavy (non-hydrogen) atoms. The zero-order valence-electron chi connectivity index (χ0n) is 6.48. The molecular weight excluding hydrogens is 289 g/mol. The molecule has 0 aliphatic heterocycles. The van der Waals surface area contributed by atoms with Gasteiger partial charge in [0.1, 0.15) is 24.0 Å². The Labute approximate surface area is 88.2 Å². The van der Waals surface area contributed by atoms with Crippen LogP contribution in [-0.2, 0) is 0 Å². The van der Waals surface area contributed by atoms with Gasteiger partial charge in [0.05, 0.1) is 3.57 Å². The Balaban J connectivity index is 2.94. The highest BCUT2D eigenvalue weighted by Crippen LogP contribution is 2.21. The Morgan fingerprint density at radius 1 is 1.38 bits per heavy atom. The summed E-state index contributed by atoms with van der Waals surface area (Å²) in [6.45, 7) is -0.000523. The molecule has 0 saturated heterocycles. The van der Waals surface area contributed by atoms with Crippen LogP contribution in [0.25, 0.3) is 0 Å². The summed E-state index contributed by atoms with van der Waals surface area (Å²) in [5, 5.41) is 0. The van der Waals surface area contributed by atoms with E-state index >= 15 is 0 Å². The van der Waals surface area contributed by atoms with Gasteiger partial charge in [-0.1, -0.05) is 5.92 Å². The average Bonchev–Trinajstić information content (AvgIpc) is 2.10. The fourth-order valence-electron chi connectivity index (χ4n) is 0.741. The van der Waals surface area contributed by atoms with Crippen LogP contribution >= 0.6 is 22.6 Å². The van der Waals surface area contributed by atoms with Gasteiger partial charge in [0.25, 0.3) is 0 Å². The van der Waals surface area contributed by atoms with E-state index in [-0.39, 0.29) is 15.9 Å². The minimum absolute atomic E-state index is 0.000523. The smallest absolute Gasteiger partial charge is 0.148 e. The van der Waals surface area contributed by atoms with E-state index in [9.17, 15) is 8.78 Å². The summed E-state index contributed by atoms with van der Waals surface area (Å²) in [7, 11) is 0. The van der Waals surface area contributed by atoms with Gasteiger partial charge in [-0.2, -0.15) is 0 Å². The van der Waals surface area contributed by atoms with Gasteiger partial charge in [-0.15, -0.1) is 6.42 Å². The molecular formula is C9H5F2IO. The molecule has 0 N–H and O–H groups in total. The van der Waals surface area contributed by atoms with Crippen molar-refractivity contribution in [3.63, 3.8) is 0 Å². The van der Waals surface area contributed by atoms with Crippen molar-refractivity contribution in [3.8, 4) is 18.1 Å². The quantitative estimate of drug-likeness (QED) is 0.463. The summed E-state index contributed by atoms with van der Waals surface area (Å²) in [6.07, 6.45) is 4.92. The molecule has 0 unspecified atom stereocenters. The molecule has 0 aromatic heterocycles. The maximum atomic E-state index is 12.9. The Bertz CT molecular complexity index is 334. The largest absolute Gasteiger partial charge is 0.481 e. The van der Waals surface area contributed by atoms with Crippen LogP contribution in [0, 0.1) is 27.5 Å². The Kier molecular flexibility index (Phi) is 3.48. The zero-order chi connectivity index (χ0) is 9.84. The lowest BCUT2D eigenvalue weighted by Crippen LogP contribution is -1.96. The highest BCUT2D eigenvalue weighted by molar-refractivity contribution is 14.1. The first kappa shape index (κ1) is 10.3. The average molecular weight is 294 g/mol. The van der Waals surface area contributed by atoms with Crippen LogP contribution in [-0.4, -0.2) is 6.61 Å². The van der Waals surface area contributed by atoms with Crippen LogP contribution in [0.2, 0.25) is 0 Å². The van der Waals surface area contributed by atoms with Crippen LogP contribution in [0.4, 0.5) is 8.78 Å².